The molecule has 0 radical (unpaired) electrons. The quantitative estimate of drug-likeness (QED) is 0.751. The van der Waals surface area contributed by atoms with Crippen molar-refractivity contribution in [2.45, 2.75) is 25.2 Å². The van der Waals surface area contributed by atoms with Crippen LogP contribution in [0.3, 0.4) is 0 Å². The summed E-state index contributed by atoms with van der Waals surface area (Å²) in [5, 5.41) is 0. The zero-order valence-corrected chi connectivity index (χ0v) is 10.4. The Morgan fingerprint density at radius 1 is 1.25 bits per heavy atom. The van der Waals surface area contributed by atoms with Gasteiger partial charge in [0.25, 0.3) is 0 Å². The standard InChI is InChI=1S/C13H16O2S/c1-3-4-6-9-12(2)16(14,15)13-10-7-5-8-11-13/h4-11H,3H2,1-2H3/b6-4-,12-9+. The molecule has 2 nitrogen and oxygen atoms in total. The van der Waals surface area contributed by atoms with E-state index in [0.717, 1.165) is 6.42 Å². The van der Waals surface area contributed by atoms with Gasteiger partial charge in [-0.05, 0) is 31.6 Å². The van der Waals surface area contributed by atoms with E-state index in [0.29, 0.717) is 9.80 Å². The Labute approximate surface area is 97.2 Å². The van der Waals surface area contributed by atoms with Crippen LogP contribution in [0.5, 0.6) is 0 Å². The fourth-order valence-corrected chi connectivity index (χ4v) is 2.36. The van der Waals surface area contributed by atoms with Crippen molar-refractivity contribution in [1.82, 2.24) is 0 Å². The van der Waals surface area contributed by atoms with Gasteiger partial charge in [-0.3, -0.25) is 0 Å². The zero-order valence-electron chi connectivity index (χ0n) is 9.55. The molecule has 0 unspecified atom stereocenters. The van der Waals surface area contributed by atoms with Gasteiger partial charge in [-0.2, -0.15) is 0 Å². The minimum absolute atomic E-state index is 0.341. The first kappa shape index (κ1) is 12.7. The summed E-state index contributed by atoms with van der Waals surface area (Å²) in [4.78, 5) is 0.706. The van der Waals surface area contributed by atoms with Gasteiger partial charge in [0, 0.05) is 4.91 Å². The number of benzene rings is 1. The van der Waals surface area contributed by atoms with Crippen LogP contribution in [-0.2, 0) is 9.84 Å². The fourth-order valence-electron chi connectivity index (χ4n) is 1.21. The molecular formula is C13H16O2S. The average Bonchev–Trinajstić information content (AvgIpc) is 2.30. The van der Waals surface area contributed by atoms with Gasteiger partial charge >= 0.3 is 0 Å². The molecule has 0 aliphatic heterocycles. The summed E-state index contributed by atoms with van der Waals surface area (Å²) in [6, 6.07) is 8.46. The molecule has 0 atom stereocenters. The molecule has 3 heteroatoms. The second-order valence-electron chi connectivity index (χ2n) is 3.43. The van der Waals surface area contributed by atoms with Crippen molar-refractivity contribution in [3.05, 3.63) is 53.5 Å². The van der Waals surface area contributed by atoms with Gasteiger partial charge in [0.15, 0.2) is 0 Å². The lowest BCUT2D eigenvalue weighted by Crippen LogP contribution is -2.01. The second kappa shape index (κ2) is 5.66. The van der Waals surface area contributed by atoms with E-state index < -0.39 is 9.84 Å². The van der Waals surface area contributed by atoms with E-state index in [1.54, 1.807) is 49.4 Å². The van der Waals surface area contributed by atoms with Crippen molar-refractivity contribution in [3.8, 4) is 0 Å². The highest BCUT2D eigenvalue weighted by atomic mass is 32.2. The van der Waals surface area contributed by atoms with Crippen LogP contribution >= 0.6 is 0 Å². The van der Waals surface area contributed by atoms with E-state index in [2.05, 4.69) is 0 Å². The lowest BCUT2D eigenvalue weighted by atomic mass is 10.4. The highest BCUT2D eigenvalue weighted by Crippen LogP contribution is 2.18. The highest BCUT2D eigenvalue weighted by molar-refractivity contribution is 7.95. The van der Waals surface area contributed by atoms with Crippen LogP contribution in [0.25, 0.3) is 0 Å². The molecule has 0 fully saturated rings. The fraction of sp³-hybridized carbons (Fsp3) is 0.231. The van der Waals surface area contributed by atoms with Crippen LogP contribution in [0.4, 0.5) is 0 Å². The van der Waals surface area contributed by atoms with E-state index in [4.69, 9.17) is 0 Å². The Morgan fingerprint density at radius 2 is 1.88 bits per heavy atom. The van der Waals surface area contributed by atoms with Gasteiger partial charge in [0.1, 0.15) is 0 Å². The summed E-state index contributed by atoms with van der Waals surface area (Å²) in [7, 11) is -3.31. The Balaban J connectivity index is 3.04. The molecule has 0 spiro atoms. The summed E-state index contributed by atoms with van der Waals surface area (Å²) in [6.07, 6.45) is 6.22. The smallest absolute Gasteiger partial charge is 0.202 e. The second-order valence-corrected chi connectivity index (χ2v) is 5.55. The molecule has 1 aromatic carbocycles. The van der Waals surface area contributed by atoms with E-state index in [9.17, 15) is 8.42 Å². The third-order valence-corrected chi connectivity index (χ3v) is 4.06. The highest BCUT2D eigenvalue weighted by Gasteiger charge is 2.15. The maximum Gasteiger partial charge on any atom is 0.202 e. The Kier molecular flexibility index (Phi) is 4.50. The maximum atomic E-state index is 12.0. The molecule has 0 saturated heterocycles. The minimum Gasteiger partial charge on any atom is -0.219 e. The SMILES string of the molecule is CC/C=C\C=C(/C)S(=O)(=O)c1ccccc1. The molecule has 0 N–H and O–H groups in total. The first-order valence-corrected chi connectivity index (χ1v) is 6.71. The van der Waals surface area contributed by atoms with Crippen molar-refractivity contribution in [3.63, 3.8) is 0 Å². The Bertz CT molecular complexity index is 482. The molecule has 0 amide bonds. The van der Waals surface area contributed by atoms with Crippen molar-refractivity contribution in [2.75, 3.05) is 0 Å². The monoisotopic (exact) mass is 236 g/mol. The molecule has 0 bridgehead atoms. The maximum absolute atomic E-state index is 12.0. The summed E-state index contributed by atoms with van der Waals surface area (Å²) in [5.41, 5.74) is 0. The number of allylic oxidation sites excluding steroid dienone is 4. The molecule has 0 saturated carbocycles. The van der Waals surface area contributed by atoms with Crippen molar-refractivity contribution in [1.29, 1.82) is 0 Å². The zero-order chi connectivity index (χ0) is 12.0. The Morgan fingerprint density at radius 3 is 2.44 bits per heavy atom. The van der Waals surface area contributed by atoms with Crippen molar-refractivity contribution in [2.24, 2.45) is 0 Å². The van der Waals surface area contributed by atoms with Crippen molar-refractivity contribution < 1.29 is 8.42 Å². The largest absolute Gasteiger partial charge is 0.219 e. The third kappa shape index (κ3) is 3.07. The average molecular weight is 236 g/mol. The van der Waals surface area contributed by atoms with E-state index in [1.807, 2.05) is 13.0 Å². The van der Waals surface area contributed by atoms with Gasteiger partial charge < -0.3 is 0 Å². The molecule has 0 aliphatic carbocycles. The number of sulfone groups is 1. The Hall–Kier alpha value is -1.35. The normalized spacial score (nSPS) is 13.2. The lowest BCUT2D eigenvalue weighted by molar-refractivity contribution is 0.602. The van der Waals surface area contributed by atoms with Gasteiger partial charge in [0.05, 0.1) is 4.90 Å². The van der Waals surface area contributed by atoms with Gasteiger partial charge in [-0.1, -0.05) is 37.3 Å². The molecule has 0 aliphatic rings. The van der Waals surface area contributed by atoms with Crippen LogP contribution in [0, 0.1) is 0 Å². The van der Waals surface area contributed by atoms with E-state index >= 15 is 0 Å². The molecule has 0 heterocycles. The first-order valence-electron chi connectivity index (χ1n) is 5.22. The van der Waals surface area contributed by atoms with Crippen LogP contribution in [0.2, 0.25) is 0 Å². The third-order valence-electron chi connectivity index (χ3n) is 2.18. The summed E-state index contributed by atoms with van der Waals surface area (Å²) >= 11 is 0. The molecule has 0 aromatic heterocycles. The molecule has 86 valence electrons. The van der Waals surface area contributed by atoms with Crippen molar-refractivity contribution >= 4 is 9.84 Å². The number of hydrogen-bond donors (Lipinski definition) is 0. The molecule has 1 aromatic rings. The molecule has 16 heavy (non-hydrogen) atoms. The molecule has 1 rings (SSSR count). The van der Waals surface area contributed by atoms with E-state index in [-0.39, 0.29) is 0 Å². The van der Waals surface area contributed by atoms with Crippen LogP contribution < -0.4 is 0 Å². The number of rotatable bonds is 4. The lowest BCUT2D eigenvalue weighted by Gasteiger charge is -2.03. The van der Waals surface area contributed by atoms with Crippen LogP contribution in [0.15, 0.2) is 58.4 Å². The predicted octanol–water partition coefficient (Wildman–Crippen LogP) is 3.33. The first-order chi connectivity index (χ1) is 7.59. The topological polar surface area (TPSA) is 34.1 Å². The van der Waals surface area contributed by atoms with E-state index in [1.165, 1.54) is 0 Å². The molecular weight excluding hydrogens is 220 g/mol. The predicted molar refractivity (Wildman–Crippen MR) is 66.8 cm³/mol. The van der Waals surface area contributed by atoms with Gasteiger partial charge in [0.2, 0.25) is 9.84 Å². The van der Waals surface area contributed by atoms with Crippen LogP contribution in [0.1, 0.15) is 20.3 Å². The summed E-state index contributed by atoms with van der Waals surface area (Å²) in [5.74, 6) is 0. The summed E-state index contributed by atoms with van der Waals surface area (Å²) in [6.45, 7) is 3.62. The summed E-state index contributed by atoms with van der Waals surface area (Å²) < 4.78 is 24.0. The van der Waals surface area contributed by atoms with Gasteiger partial charge in [-0.15, -0.1) is 0 Å². The van der Waals surface area contributed by atoms with Crippen LogP contribution in [-0.4, -0.2) is 8.42 Å². The van der Waals surface area contributed by atoms with Gasteiger partial charge in [-0.25, -0.2) is 8.42 Å². The minimum atomic E-state index is -3.31. The number of hydrogen-bond acceptors (Lipinski definition) is 2.